The summed E-state index contributed by atoms with van der Waals surface area (Å²) in [5, 5.41) is 4.18. The van der Waals surface area contributed by atoms with Gasteiger partial charge in [-0.3, -0.25) is 0 Å². The van der Waals surface area contributed by atoms with Crippen LogP contribution in [0.1, 0.15) is 26.2 Å². The minimum Gasteiger partial charge on any atom is -0.319 e. The first-order valence-electron chi connectivity index (χ1n) is 4.61. The van der Waals surface area contributed by atoms with Crippen LogP contribution in [0, 0.1) is 5.92 Å². The van der Waals surface area contributed by atoms with Gasteiger partial charge in [0.2, 0.25) is 0 Å². The van der Waals surface area contributed by atoms with Crippen molar-refractivity contribution in [1.82, 2.24) is 5.32 Å². The third-order valence-corrected chi connectivity index (χ3v) is 4.03. The fourth-order valence-electron chi connectivity index (χ4n) is 1.67. The molecule has 1 saturated heterocycles. The zero-order chi connectivity index (χ0) is 8.10. The Hall–Kier alpha value is 0.310. The van der Waals surface area contributed by atoms with Crippen molar-refractivity contribution < 1.29 is 0 Å². The van der Waals surface area contributed by atoms with Crippen molar-refractivity contribution in [2.24, 2.45) is 5.92 Å². The van der Waals surface area contributed by atoms with E-state index in [0.29, 0.717) is 0 Å². The highest BCUT2D eigenvalue weighted by Gasteiger charge is 2.19. The summed E-state index contributed by atoms with van der Waals surface area (Å²) in [6.07, 6.45) is 4.33. The molecule has 0 amide bonds. The maximum Gasteiger partial charge on any atom is 0.00847 e. The molecule has 11 heavy (non-hydrogen) atoms. The van der Waals surface area contributed by atoms with Crippen LogP contribution < -0.4 is 5.32 Å². The molecule has 0 aromatic heterocycles. The van der Waals surface area contributed by atoms with E-state index < -0.39 is 0 Å². The van der Waals surface area contributed by atoms with E-state index in [1.165, 1.54) is 31.6 Å². The molecule has 1 aliphatic heterocycles. The van der Waals surface area contributed by atoms with E-state index in [1.807, 2.05) is 7.05 Å². The first-order valence-corrected chi connectivity index (χ1v) is 5.65. The summed E-state index contributed by atoms with van der Waals surface area (Å²) in [7, 11) is 2.05. The highest BCUT2D eigenvalue weighted by atomic mass is 32.2. The second kappa shape index (κ2) is 5.04. The lowest BCUT2D eigenvalue weighted by Gasteiger charge is -2.26. The quantitative estimate of drug-likeness (QED) is 0.701. The van der Waals surface area contributed by atoms with Gasteiger partial charge in [-0.2, -0.15) is 11.8 Å². The predicted octanol–water partition coefficient (Wildman–Crippen LogP) is 2.13. The fraction of sp³-hybridized carbons (Fsp3) is 1.00. The van der Waals surface area contributed by atoms with E-state index in [-0.39, 0.29) is 0 Å². The van der Waals surface area contributed by atoms with Crippen molar-refractivity contribution in [3.8, 4) is 0 Å². The molecule has 0 radical (unpaired) electrons. The molecule has 1 aliphatic rings. The van der Waals surface area contributed by atoms with E-state index >= 15 is 0 Å². The molecule has 2 unspecified atom stereocenters. The zero-order valence-corrected chi connectivity index (χ0v) is 8.41. The van der Waals surface area contributed by atoms with Gasteiger partial charge in [-0.15, -0.1) is 0 Å². The Morgan fingerprint density at radius 2 is 2.36 bits per heavy atom. The standard InChI is InChI=1S/C9H19NS/c1-8(7-10-2)9-5-3-4-6-11-9/h8-10H,3-7H2,1-2H3. The maximum atomic E-state index is 3.25. The molecular weight excluding hydrogens is 154 g/mol. The number of hydrogen-bond donors (Lipinski definition) is 1. The number of thioether (sulfide) groups is 1. The van der Waals surface area contributed by atoms with Gasteiger partial charge in [-0.1, -0.05) is 13.3 Å². The summed E-state index contributed by atoms with van der Waals surface area (Å²) >= 11 is 2.17. The number of rotatable bonds is 3. The summed E-state index contributed by atoms with van der Waals surface area (Å²) < 4.78 is 0. The Labute approximate surface area is 74.3 Å². The highest BCUT2D eigenvalue weighted by Crippen LogP contribution is 2.30. The van der Waals surface area contributed by atoms with Gasteiger partial charge in [-0.25, -0.2) is 0 Å². The minimum atomic E-state index is 0.852. The summed E-state index contributed by atoms with van der Waals surface area (Å²) in [5.41, 5.74) is 0. The molecule has 0 aromatic rings. The highest BCUT2D eigenvalue weighted by molar-refractivity contribution is 7.99. The molecule has 1 rings (SSSR count). The van der Waals surface area contributed by atoms with Crippen molar-refractivity contribution in [2.75, 3.05) is 19.3 Å². The van der Waals surface area contributed by atoms with Gasteiger partial charge >= 0.3 is 0 Å². The van der Waals surface area contributed by atoms with Crippen LogP contribution in [0.2, 0.25) is 0 Å². The van der Waals surface area contributed by atoms with Crippen molar-refractivity contribution in [3.63, 3.8) is 0 Å². The second-order valence-electron chi connectivity index (χ2n) is 3.44. The zero-order valence-electron chi connectivity index (χ0n) is 7.60. The summed E-state index contributed by atoms with van der Waals surface area (Å²) in [6, 6.07) is 0. The van der Waals surface area contributed by atoms with Gasteiger partial charge in [0.15, 0.2) is 0 Å². The topological polar surface area (TPSA) is 12.0 Å². The van der Waals surface area contributed by atoms with E-state index in [0.717, 1.165) is 11.2 Å². The van der Waals surface area contributed by atoms with Crippen LogP contribution in [0.4, 0.5) is 0 Å². The van der Waals surface area contributed by atoms with Gasteiger partial charge in [-0.05, 0) is 38.1 Å². The molecular formula is C9H19NS. The Bertz CT molecular complexity index is 99.7. The van der Waals surface area contributed by atoms with Crippen molar-refractivity contribution in [1.29, 1.82) is 0 Å². The van der Waals surface area contributed by atoms with Gasteiger partial charge in [0.05, 0.1) is 0 Å². The van der Waals surface area contributed by atoms with Crippen LogP contribution in [0.5, 0.6) is 0 Å². The summed E-state index contributed by atoms with van der Waals surface area (Å²) in [5.74, 6) is 2.24. The van der Waals surface area contributed by atoms with Crippen LogP contribution in [-0.2, 0) is 0 Å². The fourth-order valence-corrected chi connectivity index (χ4v) is 3.10. The molecule has 1 heterocycles. The molecule has 0 aromatic carbocycles. The normalized spacial score (nSPS) is 28.4. The van der Waals surface area contributed by atoms with E-state index in [4.69, 9.17) is 0 Å². The first kappa shape index (κ1) is 9.40. The Morgan fingerprint density at radius 1 is 1.55 bits per heavy atom. The smallest absolute Gasteiger partial charge is 0.00847 e. The summed E-state index contributed by atoms with van der Waals surface area (Å²) in [6.45, 7) is 3.54. The van der Waals surface area contributed by atoms with E-state index in [2.05, 4.69) is 24.0 Å². The first-order chi connectivity index (χ1) is 5.34. The monoisotopic (exact) mass is 173 g/mol. The molecule has 1 nitrogen and oxygen atoms in total. The Morgan fingerprint density at radius 3 is 2.91 bits per heavy atom. The third kappa shape index (κ3) is 3.04. The molecule has 0 saturated carbocycles. The van der Waals surface area contributed by atoms with E-state index in [1.54, 1.807) is 0 Å². The predicted molar refractivity (Wildman–Crippen MR) is 53.2 cm³/mol. The maximum absolute atomic E-state index is 3.25. The lowest BCUT2D eigenvalue weighted by molar-refractivity contribution is 0.481. The minimum absolute atomic E-state index is 0.852. The number of hydrogen-bond acceptors (Lipinski definition) is 2. The largest absolute Gasteiger partial charge is 0.319 e. The summed E-state index contributed by atoms with van der Waals surface area (Å²) in [4.78, 5) is 0. The molecule has 0 spiro atoms. The Balaban J connectivity index is 2.21. The van der Waals surface area contributed by atoms with Crippen LogP contribution in [0.3, 0.4) is 0 Å². The van der Waals surface area contributed by atoms with E-state index in [9.17, 15) is 0 Å². The van der Waals surface area contributed by atoms with Crippen LogP contribution in [0.15, 0.2) is 0 Å². The van der Waals surface area contributed by atoms with Crippen molar-refractivity contribution in [3.05, 3.63) is 0 Å². The molecule has 2 atom stereocenters. The molecule has 1 N–H and O–H groups in total. The van der Waals surface area contributed by atoms with Crippen molar-refractivity contribution >= 4 is 11.8 Å². The molecule has 1 fully saturated rings. The van der Waals surface area contributed by atoms with Crippen LogP contribution >= 0.6 is 11.8 Å². The molecule has 66 valence electrons. The van der Waals surface area contributed by atoms with Gasteiger partial charge < -0.3 is 5.32 Å². The SMILES string of the molecule is CNCC(C)C1CCCCS1. The molecule has 0 aliphatic carbocycles. The second-order valence-corrected chi connectivity index (χ2v) is 4.79. The average molecular weight is 173 g/mol. The Kier molecular flexibility index (Phi) is 4.31. The lowest BCUT2D eigenvalue weighted by Crippen LogP contribution is -2.27. The third-order valence-electron chi connectivity index (χ3n) is 2.38. The van der Waals surface area contributed by atoms with Crippen LogP contribution in [0.25, 0.3) is 0 Å². The average Bonchev–Trinajstić information content (AvgIpc) is 2.07. The van der Waals surface area contributed by atoms with Crippen LogP contribution in [-0.4, -0.2) is 24.6 Å². The van der Waals surface area contributed by atoms with Gasteiger partial charge in [0, 0.05) is 5.25 Å². The van der Waals surface area contributed by atoms with Crippen molar-refractivity contribution in [2.45, 2.75) is 31.4 Å². The van der Waals surface area contributed by atoms with Gasteiger partial charge in [0.25, 0.3) is 0 Å². The molecule has 0 bridgehead atoms. The molecule has 2 heteroatoms. The number of nitrogens with one attached hydrogen (secondary N) is 1. The van der Waals surface area contributed by atoms with Gasteiger partial charge in [0.1, 0.15) is 0 Å². The lowest BCUT2D eigenvalue weighted by atomic mass is 10.0.